The van der Waals surface area contributed by atoms with E-state index in [2.05, 4.69) is 4.98 Å². The molecule has 6 heteroatoms. The highest BCUT2D eigenvalue weighted by Crippen LogP contribution is 2.18. The van der Waals surface area contributed by atoms with Crippen LogP contribution in [0.3, 0.4) is 0 Å². The van der Waals surface area contributed by atoms with Crippen LogP contribution in [0.2, 0.25) is 5.02 Å². The summed E-state index contributed by atoms with van der Waals surface area (Å²) in [5.41, 5.74) is 0. The van der Waals surface area contributed by atoms with Gasteiger partial charge in [-0.3, -0.25) is 4.79 Å². The van der Waals surface area contributed by atoms with Crippen molar-refractivity contribution >= 4 is 23.6 Å². The van der Waals surface area contributed by atoms with Gasteiger partial charge in [-0.1, -0.05) is 11.6 Å². The maximum Gasteiger partial charge on any atom is 0.246 e. The largest absolute Gasteiger partial charge is 0.471 e. The van der Waals surface area contributed by atoms with Gasteiger partial charge in [-0.15, -0.1) is 0 Å². The monoisotopic (exact) mass is 304 g/mol. The van der Waals surface area contributed by atoms with Gasteiger partial charge in [-0.25, -0.2) is 4.98 Å². The van der Waals surface area contributed by atoms with E-state index in [4.69, 9.17) is 20.8 Å². The first-order valence-electron chi connectivity index (χ1n) is 6.49. The van der Waals surface area contributed by atoms with Crippen molar-refractivity contribution < 1.29 is 13.9 Å². The minimum atomic E-state index is -0.0599. The predicted molar refractivity (Wildman–Crippen MR) is 78.0 cm³/mol. The van der Waals surface area contributed by atoms with Crippen LogP contribution in [0.1, 0.15) is 5.76 Å². The highest BCUT2D eigenvalue weighted by atomic mass is 35.5. The fourth-order valence-corrected chi connectivity index (χ4v) is 2.05. The number of hydrogen-bond donors (Lipinski definition) is 0. The molecule has 0 radical (unpaired) electrons. The van der Waals surface area contributed by atoms with E-state index in [0.29, 0.717) is 29.8 Å². The van der Waals surface area contributed by atoms with E-state index in [-0.39, 0.29) is 12.0 Å². The number of halogens is 1. The molecule has 0 bridgehead atoms. The highest BCUT2D eigenvalue weighted by molar-refractivity contribution is 6.30. The van der Waals surface area contributed by atoms with E-state index in [1.807, 2.05) is 0 Å². The van der Waals surface area contributed by atoms with Gasteiger partial charge in [-0.05, 0) is 24.3 Å². The zero-order valence-electron chi connectivity index (χ0n) is 11.1. The second-order valence-electron chi connectivity index (χ2n) is 4.65. The molecule has 0 aliphatic carbocycles. The minimum absolute atomic E-state index is 0.0281. The Morgan fingerprint density at radius 3 is 2.95 bits per heavy atom. The van der Waals surface area contributed by atoms with Crippen molar-refractivity contribution in [3.63, 3.8) is 0 Å². The normalized spacial score (nSPS) is 15.2. The molecule has 0 aromatic carbocycles. The van der Waals surface area contributed by atoms with Gasteiger partial charge in [0.25, 0.3) is 0 Å². The lowest BCUT2D eigenvalue weighted by Gasteiger charge is -2.37. The number of carbonyl (C=O) groups excluding carboxylic acids is 1. The molecule has 3 rings (SSSR count). The number of pyridine rings is 1. The number of nitrogens with zero attached hydrogens (tertiary/aromatic N) is 2. The van der Waals surface area contributed by atoms with Crippen LogP contribution in [0.15, 0.2) is 47.2 Å². The van der Waals surface area contributed by atoms with Crippen LogP contribution < -0.4 is 4.74 Å². The van der Waals surface area contributed by atoms with Crippen LogP contribution in [0, 0.1) is 0 Å². The molecule has 0 unspecified atom stereocenters. The number of ether oxygens (including phenoxy) is 1. The summed E-state index contributed by atoms with van der Waals surface area (Å²) in [6.07, 6.45) is 6.22. The quantitative estimate of drug-likeness (QED) is 0.815. The van der Waals surface area contributed by atoms with Gasteiger partial charge in [0, 0.05) is 18.3 Å². The molecule has 0 spiro atoms. The number of rotatable bonds is 4. The highest BCUT2D eigenvalue weighted by Gasteiger charge is 2.31. The van der Waals surface area contributed by atoms with E-state index < -0.39 is 0 Å². The van der Waals surface area contributed by atoms with Crippen molar-refractivity contribution in [3.8, 4) is 5.88 Å². The number of likely N-dealkylation sites (tertiary alicyclic amines) is 1. The third-order valence-corrected chi connectivity index (χ3v) is 3.30. The van der Waals surface area contributed by atoms with Crippen LogP contribution in [0.25, 0.3) is 6.08 Å². The van der Waals surface area contributed by atoms with Crippen LogP contribution in [0.5, 0.6) is 5.88 Å². The molecule has 0 saturated carbocycles. The summed E-state index contributed by atoms with van der Waals surface area (Å²) in [6.45, 7) is 1.09. The van der Waals surface area contributed by atoms with Crippen LogP contribution >= 0.6 is 11.6 Å². The SMILES string of the molecule is O=C(/C=C/c1ccco1)N1CC(Oc2ccc(Cl)cn2)C1. The Balaban J connectivity index is 1.47. The smallest absolute Gasteiger partial charge is 0.246 e. The zero-order chi connectivity index (χ0) is 14.7. The van der Waals surface area contributed by atoms with Crippen molar-refractivity contribution in [1.82, 2.24) is 9.88 Å². The Kier molecular flexibility index (Phi) is 3.92. The summed E-state index contributed by atoms with van der Waals surface area (Å²) in [5, 5.41) is 0.566. The van der Waals surface area contributed by atoms with Gasteiger partial charge in [0.15, 0.2) is 0 Å². The number of furan rings is 1. The van der Waals surface area contributed by atoms with E-state index in [1.54, 1.807) is 41.5 Å². The molecule has 1 aliphatic heterocycles. The average molecular weight is 305 g/mol. The third-order valence-electron chi connectivity index (χ3n) is 3.08. The Hall–Kier alpha value is -2.27. The van der Waals surface area contributed by atoms with Crippen LogP contribution in [0.4, 0.5) is 0 Å². The molecule has 1 fully saturated rings. The van der Waals surface area contributed by atoms with Gasteiger partial charge in [0.05, 0.1) is 24.4 Å². The van der Waals surface area contributed by atoms with E-state index in [1.165, 1.54) is 12.3 Å². The zero-order valence-corrected chi connectivity index (χ0v) is 11.9. The summed E-state index contributed by atoms with van der Waals surface area (Å²) in [5.74, 6) is 1.11. The van der Waals surface area contributed by atoms with Gasteiger partial charge in [0.1, 0.15) is 11.9 Å². The lowest BCUT2D eigenvalue weighted by atomic mass is 10.1. The van der Waals surface area contributed by atoms with Crippen molar-refractivity contribution in [1.29, 1.82) is 0 Å². The topological polar surface area (TPSA) is 55.6 Å². The van der Waals surface area contributed by atoms with Gasteiger partial charge in [0.2, 0.25) is 11.8 Å². The van der Waals surface area contributed by atoms with Crippen molar-refractivity contribution in [2.24, 2.45) is 0 Å². The second kappa shape index (κ2) is 6.01. The van der Waals surface area contributed by atoms with Crippen molar-refractivity contribution in [2.45, 2.75) is 6.10 Å². The van der Waals surface area contributed by atoms with Crippen LogP contribution in [-0.4, -0.2) is 35.0 Å². The number of carbonyl (C=O) groups is 1. The van der Waals surface area contributed by atoms with Crippen molar-refractivity contribution in [3.05, 3.63) is 53.6 Å². The Labute approximate surface area is 126 Å². The standard InChI is InChI=1S/C15H13ClN2O3/c16-11-3-5-14(17-8-11)21-13-9-18(10-13)15(19)6-4-12-2-1-7-20-12/h1-8,13H,9-10H2/b6-4+. The first kappa shape index (κ1) is 13.7. The van der Waals surface area contributed by atoms with E-state index >= 15 is 0 Å². The number of hydrogen-bond acceptors (Lipinski definition) is 4. The molecule has 5 nitrogen and oxygen atoms in total. The molecule has 0 N–H and O–H groups in total. The van der Waals surface area contributed by atoms with Gasteiger partial charge >= 0.3 is 0 Å². The molecule has 1 aliphatic rings. The number of amides is 1. The fraction of sp³-hybridized carbons (Fsp3) is 0.200. The first-order chi connectivity index (χ1) is 10.2. The molecule has 2 aromatic rings. The minimum Gasteiger partial charge on any atom is -0.471 e. The van der Waals surface area contributed by atoms with Gasteiger partial charge in [-0.2, -0.15) is 0 Å². The Bertz CT molecular complexity index is 631. The lowest BCUT2D eigenvalue weighted by Crippen LogP contribution is -2.55. The maximum atomic E-state index is 11.9. The predicted octanol–water partition coefficient (Wildman–Crippen LogP) is 2.63. The molecule has 3 heterocycles. The first-order valence-corrected chi connectivity index (χ1v) is 6.87. The third kappa shape index (κ3) is 3.44. The summed E-state index contributed by atoms with van der Waals surface area (Å²) >= 11 is 5.75. The molecule has 0 atom stereocenters. The second-order valence-corrected chi connectivity index (χ2v) is 5.08. The van der Waals surface area contributed by atoms with Crippen LogP contribution in [-0.2, 0) is 4.79 Å². The van der Waals surface area contributed by atoms with Gasteiger partial charge < -0.3 is 14.1 Å². The maximum absolute atomic E-state index is 11.9. The molecular formula is C15H13ClN2O3. The molecule has 21 heavy (non-hydrogen) atoms. The lowest BCUT2D eigenvalue weighted by molar-refractivity contribution is -0.134. The molecular weight excluding hydrogens is 292 g/mol. The summed E-state index contributed by atoms with van der Waals surface area (Å²) in [6, 6.07) is 7.00. The summed E-state index contributed by atoms with van der Waals surface area (Å²) < 4.78 is 10.8. The average Bonchev–Trinajstić information content (AvgIpc) is 2.95. The molecule has 1 amide bonds. The summed E-state index contributed by atoms with van der Waals surface area (Å²) in [4.78, 5) is 17.6. The van der Waals surface area contributed by atoms with Crippen molar-refractivity contribution in [2.75, 3.05) is 13.1 Å². The molecule has 108 valence electrons. The number of aromatic nitrogens is 1. The molecule has 1 saturated heterocycles. The molecule has 2 aromatic heterocycles. The van der Waals surface area contributed by atoms with E-state index in [9.17, 15) is 4.79 Å². The fourth-order valence-electron chi connectivity index (χ4n) is 1.94. The van der Waals surface area contributed by atoms with E-state index in [0.717, 1.165) is 0 Å². The summed E-state index contributed by atoms with van der Waals surface area (Å²) in [7, 11) is 0. The Morgan fingerprint density at radius 1 is 1.43 bits per heavy atom. The Morgan fingerprint density at radius 2 is 2.29 bits per heavy atom.